The molecule has 1 aromatic carbocycles. The molecule has 2 aromatic rings. The first-order chi connectivity index (χ1) is 12.6. The number of nitrogens with two attached hydrogens (primary N) is 1. The van der Waals surface area contributed by atoms with Gasteiger partial charge in [0.05, 0.1) is 0 Å². The van der Waals surface area contributed by atoms with Gasteiger partial charge in [-0.2, -0.15) is 4.98 Å². The summed E-state index contributed by atoms with van der Waals surface area (Å²) in [6.07, 6.45) is 2.80. The van der Waals surface area contributed by atoms with Crippen molar-refractivity contribution >= 4 is 17.7 Å². The number of aryl methyl sites for hydroxylation is 2. The minimum atomic E-state index is 0.268. The Bertz CT molecular complexity index is 793. The lowest BCUT2D eigenvalue weighted by molar-refractivity contribution is -0.131. The zero-order valence-electron chi connectivity index (χ0n) is 15.2. The maximum atomic E-state index is 12.8. The molecule has 2 heterocycles. The highest BCUT2D eigenvalue weighted by Gasteiger charge is 2.28. The fourth-order valence-electron chi connectivity index (χ4n) is 4.12. The average Bonchev–Trinajstić information content (AvgIpc) is 3.04. The van der Waals surface area contributed by atoms with Gasteiger partial charge in [0, 0.05) is 44.4 Å². The van der Waals surface area contributed by atoms with E-state index in [9.17, 15) is 4.79 Å². The van der Waals surface area contributed by atoms with E-state index in [2.05, 4.69) is 39.1 Å². The summed E-state index contributed by atoms with van der Waals surface area (Å²) >= 11 is 0. The maximum absolute atomic E-state index is 12.8. The van der Waals surface area contributed by atoms with Crippen LogP contribution in [-0.4, -0.2) is 47.0 Å². The lowest BCUT2D eigenvalue weighted by Gasteiger charge is -2.36. The Morgan fingerprint density at radius 2 is 1.96 bits per heavy atom. The fraction of sp³-hybridized carbons (Fsp3) is 0.450. The van der Waals surface area contributed by atoms with Gasteiger partial charge in [-0.05, 0) is 36.8 Å². The number of carbonyl (C=O) groups is 1. The number of carbonyl (C=O) groups excluding carboxylic acids is 1. The first-order valence-corrected chi connectivity index (χ1v) is 9.32. The molecule has 6 nitrogen and oxygen atoms in total. The van der Waals surface area contributed by atoms with E-state index in [1.54, 1.807) is 0 Å². The third-order valence-electron chi connectivity index (χ3n) is 5.49. The summed E-state index contributed by atoms with van der Waals surface area (Å²) in [5.41, 5.74) is 9.40. The van der Waals surface area contributed by atoms with Crippen molar-refractivity contribution in [2.24, 2.45) is 0 Å². The molecular formula is C20H25N5O. The number of piperazine rings is 1. The molecule has 1 saturated heterocycles. The summed E-state index contributed by atoms with van der Waals surface area (Å²) in [5.74, 6) is 1.80. The maximum Gasteiger partial charge on any atom is 0.223 e. The number of nitrogen functional groups attached to an aromatic ring is 1. The van der Waals surface area contributed by atoms with E-state index in [0.717, 1.165) is 50.5 Å². The summed E-state index contributed by atoms with van der Waals surface area (Å²) in [4.78, 5) is 25.4. The van der Waals surface area contributed by atoms with E-state index in [1.165, 1.54) is 11.1 Å². The lowest BCUT2D eigenvalue weighted by Crippen LogP contribution is -2.49. The highest BCUT2D eigenvalue weighted by atomic mass is 16.2. The minimum Gasteiger partial charge on any atom is -0.368 e. The van der Waals surface area contributed by atoms with Gasteiger partial charge in [-0.25, -0.2) is 4.98 Å². The summed E-state index contributed by atoms with van der Waals surface area (Å²) < 4.78 is 0. The second kappa shape index (κ2) is 6.94. The number of nitrogens with zero attached hydrogens (tertiary/aromatic N) is 4. The standard InChI is InChI=1S/C20H25N5O/c1-14-12-18(23-20(21)22-14)24-8-10-25(11-9-24)19(26)13-16-7-6-15-4-2-3-5-17(15)16/h2-5,12,16H,6-11,13H2,1H3,(H2,21,22,23)/t16-/m0/s1. The van der Waals surface area contributed by atoms with E-state index in [0.29, 0.717) is 18.3 Å². The Morgan fingerprint density at radius 3 is 2.73 bits per heavy atom. The minimum absolute atomic E-state index is 0.268. The Hall–Kier alpha value is -2.63. The number of rotatable bonds is 3. The van der Waals surface area contributed by atoms with Gasteiger partial charge in [0.15, 0.2) is 0 Å². The lowest BCUT2D eigenvalue weighted by atomic mass is 9.97. The quantitative estimate of drug-likeness (QED) is 0.917. The van der Waals surface area contributed by atoms with E-state index in [4.69, 9.17) is 5.73 Å². The SMILES string of the molecule is Cc1cc(N2CCN(C(=O)C[C@@H]3CCc4ccccc43)CC2)nc(N)n1. The van der Waals surface area contributed by atoms with Crippen LogP contribution in [0.2, 0.25) is 0 Å². The molecule has 0 bridgehead atoms. The van der Waals surface area contributed by atoms with Crippen molar-refractivity contribution in [3.05, 3.63) is 47.2 Å². The molecule has 1 aliphatic carbocycles. The predicted molar refractivity (Wildman–Crippen MR) is 102 cm³/mol. The number of hydrogen-bond donors (Lipinski definition) is 1. The second-order valence-electron chi connectivity index (χ2n) is 7.23. The van der Waals surface area contributed by atoms with Gasteiger partial charge in [-0.15, -0.1) is 0 Å². The molecular weight excluding hydrogens is 326 g/mol. The molecule has 0 radical (unpaired) electrons. The zero-order chi connectivity index (χ0) is 18.1. The Balaban J connectivity index is 1.35. The highest BCUT2D eigenvalue weighted by Crippen LogP contribution is 2.35. The fourth-order valence-corrected chi connectivity index (χ4v) is 4.12. The van der Waals surface area contributed by atoms with E-state index < -0.39 is 0 Å². The van der Waals surface area contributed by atoms with Gasteiger partial charge in [-0.3, -0.25) is 4.79 Å². The topological polar surface area (TPSA) is 75.3 Å². The van der Waals surface area contributed by atoms with Crippen LogP contribution in [0.15, 0.2) is 30.3 Å². The Labute approximate surface area is 154 Å². The molecule has 26 heavy (non-hydrogen) atoms. The highest BCUT2D eigenvalue weighted by molar-refractivity contribution is 5.77. The molecule has 1 fully saturated rings. The molecule has 1 atom stereocenters. The number of hydrogen-bond acceptors (Lipinski definition) is 5. The van der Waals surface area contributed by atoms with Gasteiger partial charge < -0.3 is 15.5 Å². The van der Waals surface area contributed by atoms with Crippen molar-refractivity contribution < 1.29 is 4.79 Å². The Kier molecular flexibility index (Phi) is 4.49. The van der Waals surface area contributed by atoms with Crippen LogP contribution in [0.3, 0.4) is 0 Å². The van der Waals surface area contributed by atoms with Gasteiger partial charge in [0.1, 0.15) is 5.82 Å². The first kappa shape index (κ1) is 16.8. The third kappa shape index (κ3) is 3.36. The van der Waals surface area contributed by atoms with E-state index >= 15 is 0 Å². The molecule has 1 aromatic heterocycles. The van der Waals surface area contributed by atoms with Gasteiger partial charge in [0.25, 0.3) is 0 Å². The normalized spacial score (nSPS) is 19.5. The van der Waals surface area contributed by atoms with Crippen molar-refractivity contribution in [1.82, 2.24) is 14.9 Å². The first-order valence-electron chi connectivity index (χ1n) is 9.32. The van der Waals surface area contributed by atoms with Gasteiger partial charge in [0.2, 0.25) is 11.9 Å². The molecule has 0 saturated carbocycles. The summed E-state index contributed by atoms with van der Waals surface area (Å²) in [6, 6.07) is 10.5. The molecule has 0 spiro atoms. The van der Waals surface area contributed by atoms with Crippen LogP contribution < -0.4 is 10.6 Å². The van der Waals surface area contributed by atoms with Crippen LogP contribution in [0.1, 0.15) is 35.6 Å². The predicted octanol–water partition coefficient (Wildman–Crippen LogP) is 2.14. The van der Waals surface area contributed by atoms with Gasteiger partial charge >= 0.3 is 0 Å². The summed E-state index contributed by atoms with van der Waals surface area (Å²) in [5, 5.41) is 0. The van der Waals surface area contributed by atoms with Crippen LogP contribution >= 0.6 is 0 Å². The Morgan fingerprint density at radius 1 is 1.19 bits per heavy atom. The van der Waals surface area contributed by atoms with Crippen molar-refractivity contribution in [2.75, 3.05) is 36.8 Å². The van der Waals surface area contributed by atoms with Crippen molar-refractivity contribution in [1.29, 1.82) is 0 Å². The molecule has 1 aliphatic heterocycles. The van der Waals surface area contributed by atoms with E-state index in [-0.39, 0.29) is 5.91 Å². The molecule has 4 rings (SSSR count). The molecule has 2 aliphatic rings. The number of amides is 1. The number of aromatic nitrogens is 2. The largest absolute Gasteiger partial charge is 0.368 e. The zero-order valence-corrected chi connectivity index (χ0v) is 15.2. The summed E-state index contributed by atoms with van der Waals surface area (Å²) in [7, 11) is 0. The van der Waals surface area contributed by atoms with Crippen molar-refractivity contribution in [3.8, 4) is 0 Å². The molecule has 6 heteroatoms. The van der Waals surface area contributed by atoms with Crippen LogP contribution in [-0.2, 0) is 11.2 Å². The van der Waals surface area contributed by atoms with Gasteiger partial charge in [-0.1, -0.05) is 24.3 Å². The third-order valence-corrected chi connectivity index (χ3v) is 5.49. The average molecular weight is 351 g/mol. The number of fused-ring (bicyclic) bond motifs is 1. The van der Waals surface area contributed by atoms with Crippen LogP contribution in [0.4, 0.5) is 11.8 Å². The molecule has 136 valence electrons. The molecule has 2 N–H and O–H groups in total. The van der Waals surface area contributed by atoms with E-state index in [1.807, 2.05) is 17.9 Å². The van der Waals surface area contributed by atoms with Crippen LogP contribution in [0.25, 0.3) is 0 Å². The number of anilines is 2. The van der Waals surface area contributed by atoms with Crippen molar-refractivity contribution in [3.63, 3.8) is 0 Å². The summed E-state index contributed by atoms with van der Waals surface area (Å²) in [6.45, 7) is 4.94. The molecule has 1 amide bonds. The van der Waals surface area contributed by atoms with Crippen molar-refractivity contribution in [2.45, 2.75) is 32.1 Å². The number of benzene rings is 1. The van der Waals surface area contributed by atoms with Crippen LogP contribution in [0, 0.1) is 6.92 Å². The monoisotopic (exact) mass is 351 g/mol. The second-order valence-corrected chi connectivity index (χ2v) is 7.23. The molecule has 0 unspecified atom stereocenters. The smallest absolute Gasteiger partial charge is 0.223 e. The van der Waals surface area contributed by atoms with Crippen LogP contribution in [0.5, 0.6) is 0 Å².